The zero-order valence-corrected chi connectivity index (χ0v) is 12.1. The Morgan fingerprint density at radius 2 is 2.09 bits per heavy atom. The first kappa shape index (κ1) is 16.5. The summed E-state index contributed by atoms with van der Waals surface area (Å²) < 4.78 is 43.8. The summed E-state index contributed by atoms with van der Waals surface area (Å²) in [5.41, 5.74) is -2.46. The number of alkyl halides is 3. The molecule has 0 amide bonds. The number of halogens is 3. The highest BCUT2D eigenvalue weighted by Gasteiger charge is 2.43. The van der Waals surface area contributed by atoms with Crippen molar-refractivity contribution in [3.8, 4) is 0 Å². The Labute approximate surface area is 125 Å². The Kier molecular flexibility index (Phi) is 4.60. The van der Waals surface area contributed by atoms with Crippen LogP contribution in [0.2, 0.25) is 0 Å². The van der Waals surface area contributed by atoms with Crippen molar-refractivity contribution >= 4 is 11.8 Å². The monoisotopic (exact) mass is 318 g/mol. The van der Waals surface area contributed by atoms with Crippen LogP contribution in [0.3, 0.4) is 0 Å². The van der Waals surface area contributed by atoms with Gasteiger partial charge in [-0.05, 0) is 19.1 Å². The molecule has 2 rings (SSSR count). The molecular weight excluding hydrogens is 301 g/mol. The maximum Gasteiger partial charge on any atom is 0.419 e. The second-order valence-corrected chi connectivity index (χ2v) is 5.11. The van der Waals surface area contributed by atoms with Gasteiger partial charge in [-0.15, -0.1) is 0 Å². The summed E-state index contributed by atoms with van der Waals surface area (Å²) in [6.45, 7) is 1.95. The second kappa shape index (κ2) is 6.12. The molecule has 0 unspecified atom stereocenters. The molecule has 1 aromatic heterocycles. The summed E-state index contributed by atoms with van der Waals surface area (Å²) in [5, 5.41) is 10.2. The summed E-state index contributed by atoms with van der Waals surface area (Å²) in [5.74, 6) is -0.910. The van der Waals surface area contributed by atoms with Gasteiger partial charge in [0.2, 0.25) is 0 Å². The molecular formula is C14H17F3N2O3. The zero-order valence-electron chi connectivity index (χ0n) is 12.1. The topological polar surface area (TPSA) is 62.7 Å². The quantitative estimate of drug-likeness (QED) is 0.864. The van der Waals surface area contributed by atoms with Crippen molar-refractivity contribution in [2.75, 3.05) is 24.6 Å². The van der Waals surface area contributed by atoms with Crippen molar-refractivity contribution in [1.82, 2.24) is 4.98 Å². The fourth-order valence-electron chi connectivity index (χ4n) is 2.43. The van der Waals surface area contributed by atoms with Crippen molar-refractivity contribution in [2.45, 2.75) is 31.5 Å². The predicted molar refractivity (Wildman–Crippen MR) is 72.3 cm³/mol. The van der Waals surface area contributed by atoms with E-state index >= 15 is 0 Å². The minimum Gasteiger partial charge on any atom is -0.464 e. The highest BCUT2D eigenvalue weighted by atomic mass is 19.4. The minimum atomic E-state index is -4.50. The first-order valence-corrected chi connectivity index (χ1v) is 6.94. The number of ether oxygens (including phenoxy) is 1. The van der Waals surface area contributed by atoms with Crippen molar-refractivity contribution in [2.24, 2.45) is 0 Å². The van der Waals surface area contributed by atoms with E-state index < -0.39 is 23.3 Å². The largest absolute Gasteiger partial charge is 0.464 e. The van der Waals surface area contributed by atoms with Crippen LogP contribution in [0.4, 0.5) is 19.0 Å². The second-order valence-electron chi connectivity index (χ2n) is 5.11. The highest BCUT2D eigenvalue weighted by molar-refractivity contribution is 5.79. The Morgan fingerprint density at radius 1 is 1.45 bits per heavy atom. The lowest BCUT2D eigenvalue weighted by atomic mass is 9.91. The van der Waals surface area contributed by atoms with Gasteiger partial charge in [-0.2, -0.15) is 13.2 Å². The maximum atomic E-state index is 13.0. The third kappa shape index (κ3) is 3.32. The van der Waals surface area contributed by atoms with Crippen LogP contribution in [0, 0.1) is 0 Å². The molecule has 5 nitrogen and oxygen atoms in total. The summed E-state index contributed by atoms with van der Waals surface area (Å²) in [6.07, 6.45) is -3.21. The lowest BCUT2D eigenvalue weighted by Crippen LogP contribution is -2.50. The molecule has 0 bridgehead atoms. The molecule has 1 saturated heterocycles. The van der Waals surface area contributed by atoms with E-state index in [-0.39, 0.29) is 38.4 Å². The van der Waals surface area contributed by atoms with Crippen LogP contribution in [0.25, 0.3) is 0 Å². The number of carbonyl (C=O) groups excluding carboxylic acids is 1. The molecule has 1 fully saturated rings. The fourth-order valence-corrected chi connectivity index (χ4v) is 2.43. The molecule has 22 heavy (non-hydrogen) atoms. The van der Waals surface area contributed by atoms with Crippen molar-refractivity contribution in [3.05, 3.63) is 23.9 Å². The Morgan fingerprint density at radius 3 is 2.64 bits per heavy atom. The number of anilines is 1. The molecule has 0 atom stereocenters. The Bertz CT molecular complexity index is 540. The number of hydrogen-bond donors (Lipinski definition) is 1. The van der Waals surface area contributed by atoms with Gasteiger partial charge in [0.15, 0.2) is 5.60 Å². The van der Waals surface area contributed by atoms with Gasteiger partial charge in [-0.25, -0.2) is 9.78 Å². The van der Waals surface area contributed by atoms with Gasteiger partial charge >= 0.3 is 12.1 Å². The van der Waals surface area contributed by atoms with E-state index in [2.05, 4.69) is 4.98 Å². The van der Waals surface area contributed by atoms with Gasteiger partial charge in [0.25, 0.3) is 0 Å². The van der Waals surface area contributed by atoms with E-state index in [4.69, 9.17) is 4.74 Å². The summed E-state index contributed by atoms with van der Waals surface area (Å²) in [7, 11) is 0. The molecule has 0 radical (unpaired) electrons. The number of aromatic nitrogens is 1. The number of pyridine rings is 1. The molecule has 1 aliphatic heterocycles. The molecule has 1 aliphatic rings. The van der Waals surface area contributed by atoms with Crippen molar-refractivity contribution in [1.29, 1.82) is 0 Å². The van der Waals surface area contributed by atoms with Crippen LogP contribution >= 0.6 is 0 Å². The third-order valence-corrected chi connectivity index (χ3v) is 3.64. The van der Waals surface area contributed by atoms with Crippen LogP contribution in [0.15, 0.2) is 18.3 Å². The van der Waals surface area contributed by atoms with Gasteiger partial charge < -0.3 is 14.7 Å². The molecule has 0 saturated carbocycles. The van der Waals surface area contributed by atoms with Crippen LogP contribution in [0.5, 0.6) is 0 Å². The van der Waals surface area contributed by atoms with Crippen molar-refractivity contribution < 1.29 is 27.8 Å². The summed E-state index contributed by atoms with van der Waals surface area (Å²) in [6, 6.07) is 2.19. The van der Waals surface area contributed by atoms with E-state index in [9.17, 15) is 23.1 Å². The van der Waals surface area contributed by atoms with Gasteiger partial charge in [-0.1, -0.05) is 0 Å². The smallest absolute Gasteiger partial charge is 0.419 e. The van der Waals surface area contributed by atoms with Crippen LogP contribution in [-0.2, 0) is 15.7 Å². The molecule has 0 spiro atoms. The molecule has 8 heteroatoms. The third-order valence-electron chi connectivity index (χ3n) is 3.64. The van der Waals surface area contributed by atoms with E-state index in [0.29, 0.717) is 0 Å². The lowest BCUT2D eigenvalue weighted by Gasteiger charge is -2.37. The number of aliphatic hydroxyl groups is 1. The molecule has 1 N–H and O–H groups in total. The normalized spacial score (nSPS) is 18.1. The zero-order chi connectivity index (χ0) is 16.4. The average molecular weight is 318 g/mol. The summed E-state index contributed by atoms with van der Waals surface area (Å²) >= 11 is 0. The van der Waals surface area contributed by atoms with E-state index in [1.807, 2.05) is 0 Å². The number of hydrogen-bond acceptors (Lipinski definition) is 5. The number of carbonyl (C=O) groups is 1. The molecule has 1 aromatic rings. The predicted octanol–water partition coefficient (Wildman–Crippen LogP) is 1.99. The van der Waals surface area contributed by atoms with Gasteiger partial charge in [-0.3, -0.25) is 0 Å². The minimum absolute atomic E-state index is 0.000293. The number of esters is 1. The van der Waals surface area contributed by atoms with Crippen LogP contribution in [0.1, 0.15) is 25.3 Å². The van der Waals surface area contributed by atoms with Crippen molar-refractivity contribution in [3.63, 3.8) is 0 Å². The first-order valence-electron chi connectivity index (χ1n) is 6.94. The number of rotatable bonds is 3. The standard InChI is InChI=1S/C14H17F3N2O3/c1-2-22-12(20)13(21)5-8-19(9-6-13)11-10(14(15,16)17)4-3-7-18-11/h3-4,7,21H,2,5-6,8-9H2,1H3. The maximum absolute atomic E-state index is 13.0. The lowest BCUT2D eigenvalue weighted by molar-refractivity contribution is -0.167. The SMILES string of the molecule is CCOC(=O)C1(O)CCN(c2ncccc2C(F)(F)F)CC1. The number of piperidine rings is 1. The average Bonchev–Trinajstić information content (AvgIpc) is 2.47. The highest BCUT2D eigenvalue weighted by Crippen LogP contribution is 2.37. The van der Waals surface area contributed by atoms with E-state index in [1.54, 1.807) is 6.92 Å². The van der Waals surface area contributed by atoms with Gasteiger partial charge in [0.05, 0.1) is 12.2 Å². The molecule has 0 aromatic carbocycles. The number of nitrogens with zero attached hydrogens (tertiary/aromatic N) is 2. The Hall–Kier alpha value is -1.83. The summed E-state index contributed by atoms with van der Waals surface area (Å²) in [4.78, 5) is 16.9. The van der Waals surface area contributed by atoms with Gasteiger partial charge in [0.1, 0.15) is 5.82 Å². The fraction of sp³-hybridized carbons (Fsp3) is 0.571. The van der Waals surface area contributed by atoms with Crippen LogP contribution < -0.4 is 4.90 Å². The van der Waals surface area contributed by atoms with E-state index in [0.717, 1.165) is 6.07 Å². The van der Waals surface area contributed by atoms with Crippen LogP contribution in [-0.4, -0.2) is 41.4 Å². The first-order chi connectivity index (χ1) is 10.3. The molecule has 0 aliphatic carbocycles. The van der Waals surface area contributed by atoms with E-state index in [1.165, 1.54) is 17.2 Å². The molecule has 122 valence electrons. The Balaban J connectivity index is 2.15. The molecule has 2 heterocycles. The van der Waals surface area contributed by atoms with Gasteiger partial charge in [0, 0.05) is 32.1 Å².